The number of carboxylic acid groups (broad SMARTS) is 1. The number of nitrogens with zero attached hydrogens (tertiary/aromatic N) is 1. The quantitative estimate of drug-likeness (QED) is 0.782. The third-order valence-corrected chi connectivity index (χ3v) is 3.22. The number of aliphatic carboxylic acids is 1. The molecule has 16 heavy (non-hydrogen) atoms. The Morgan fingerprint density at radius 1 is 1.38 bits per heavy atom. The van der Waals surface area contributed by atoms with E-state index in [1.165, 1.54) is 4.90 Å². The molecule has 0 aliphatic heterocycles. The lowest BCUT2D eigenvalue weighted by Gasteiger charge is -2.37. The number of hydrogen-bond acceptors (Lipinski definition) is 3. The van der Waals surface area contributed by atoms with Gasteiger partial charge in [-0.25, -0.2) is 4.79 Å². The van der Waals surface area contributed by atoms with Gasteiger partial charge in [0.25, 0.3) is 0 Å². The largest absolute Gasteiger partial charge is 0.481 e. The fourth-order valence-electron chi connectivity index (χ4n) is 1.96. The van der Waals surface area contributed by atoms with Crippen LogP contribution in [0.1, 0.15) is 32.6 Å². The van der Waals surface area contributed by atoms with Crippen LogP contribution in [0.5, 0.6) is 0 Å². The Morgan fingerprint density at radius 3 is 2.50 bits per heavy atom. The monoisotopic (exact) mass is 229 g/mol. The Morgan fingerprint density at radius 2 is 2.00 bits per heavy atom. The van der Waals surface area contributed by atoms with Gasteiger partial charge in [0.05, 0.1) is 0 Å². The van der Waals surface area contributed by atoms with E-state index < -0.39 is 23.6 Å². The molecule has 0 saturated heterocycles. The van der Waals surface area contributed by atoms with Crippen LogP contribution in [-0.2, 0) is 9.53 Å². The summed E-state index contributed by atoms with van der Waals surface area (Å²) in [6.07, 6.45) is 1.98. The smallest absolute Gasteiger partial charge is 0.409 e. The van der Waals surface area contributed by atoms with Crippen LogP contribution in [0.15, 0.2) is 0 Å². The van der Waals surface area contributed by atoms with Crippen molar-refractivity contribution >= 4 is 12.1 Å². The molecule has 1 rings (SSSR count). The average Bonchev–Trinajstić information content (AvgIpc) is 2.21. The highest BCUT2D eigenvalue weighted by Gasteiger charge is 2.45. The summed E-state index contributed by atoms with van der Waals surface area (Å²) in [7, 11) is 3.17. The topological polar surface area (TPSA) is 66.8 Å². The summed E-state index contributed by atoms with van der Waals surface area (Å²) in [6, 6.07) is 0. The van der Waals surface area contributed by atoms with Crippen molar-refractivity contribution < 1.29 is 19.4 Å². The molecule has 0 aromatic carbocycles. The fourth-order valence-corrected chi connectivity index (χ4v) is 1.96. The van der Waals surface area contributed by atoms with Gasteiger partial charge in [-0.1, -0.05) is 6.42 Å². The van der Waals surface area contributed by atoms with E-state index in [4.69, 9.17) is 4.74 Å². The number of amides is 1. The maximum atomic E-state index is 11.4. The first kappa shape index (κ1) is 12.8. The minimum Gasteiger partial charge on any atom is -0.481 e. The summed E-state index contributed by atoms with van der Waals surface area (Å²) in [5.74, 6) is -0.885. The zero-order valence-corrected chi connectivity index (χ0v) is 10.0. The molecule has 0 unspecified atom stereocenters. The predicted octanol–water partition coefficient (Wildman–Crippen LogP) is 1.72. The number of carboxylic acids is 1. The second-order valence-electron chi connectivity index (χ2n) is 4.74. The zero-order chi connectivity index (χ0) is 12.3. The molecule has 0 aromatic heterocycles. The van der Waals surface area contributed by atoms with E-state index >= 15 is 0 Å². The van der Waals surface area contributed by atoms with Crippen LogP contribution < -0.4 is 0 Å². The summed E-state index contributed by atoms with van der Waals surface area (Å²) in [4.78, 5) is 24.0. The molecular formula is C11H19NO4. The van der Waals surface area contributed by atoms with Crippen LogP contribution in [0.4, 0.5) is 4.79 Å². The first-order valence-electron chi connectivity index (χ1n) is 5.49. The lowest BCUT2D eigenvalue weighted by atomic mass is 9.73. The van der Waals surface area contributed by atoms with Gasteiger partial charge in [-0.15, -0.1) is 0 Å². The molecule has 0 spiro atoms. The average molecular weight is 229 g/mol. The zero-order valence-electron chi connectivity index (χ0n) is 10.0. The summed E-state index contributed by atoms with van der Waals surface area (Å²) in [5, 5.41) is 9.21. The van der Waals surface area contributed by atoms with Crippen LogP contribution >= 0.6 is 0 Å². The molecule has 5 heteroatoms. The number of ether oxygens (including phenoxy) is 1. The molecule has 0 bridgehead atoms. The molecule has 1 amide bonds. The van der Waals surface area contributed by atoms with E-state index in [0.717, 1.165) is 12.8 Å². The van der Waals surface area contributed by atoms with Gasteiger partial charge >= 0.3 is 12.1 Å². The number of carbonyl (C=O) groups is 2. The minimum absolute atomic E-state index is 0.473. The van der Waals surface area contributed by atoms with E-state index in [-0.39, 0.29) is 0 Å². The van der Waals surface area contributed by atoms with Crippen molar-refractivity contribution in [1.82, 2.24) is 4.90 Å². The van der Waals surface area contributed by atoms with Gasteiger partial charge in [0.1, 0.15) is 11.5 Å². The van der Waals surface area contributed by atoms with Crippen molar-refractivity contribution in [2.45, 2.75) is 38.7 Å². The van der Waals surface area contributed by atoms with Crippen LogP contribution in [0.2, 0.25) is 0 Å². The number of carbonyl (C=O) groups excluding carboxylic acids is 1. The van der Waals surface area contributed by atoms with Gasteiger partial charge in [0.15, 0.2) is 0 Å². The Balaban J connectivity index is 2.75. The summed E-state index contributed by atoms with van der Waals surface area (Å²) >= 11 is 0. The Bertz CT molecular complexity index is 290. The molecule has 2 atom stereocenters. The molecule has 1 N–H and O–H groups in total. The second kappa shape index (κ2) is 4.72. The van der Waals surface area contributed by atoms with Gasteiger partial charge in [-0.05, 0) is 26.2 Å². The van der Waals surface area contributed by atoms with Gasteiger partial charge in [0, 0.05) is 14.1 Å². The first-order chi connectivity index (χ1) is 7.38. The highest BCUT2D eigenvalue weighted by atomic mass is 16.6. The molecule has 1 aliphatic carbocycles. The molecule has 5 nitrogen and oxygen atoms in total. The third kappa shape index (κ3) is 2.46. The van der Waals surface area contributed by atoms with Gasteiger partial charge in [-0.2, -0.15) is 0 Å². The second-order valence-corrected chi connectivity index (χ2v) is 4.74. The predicted molar refractivity (Wildman–Crippen MR) is 58.2 cm³/mol. The van der Waals surface area contributed by atoms with E-state index in [1.54, 1.807) is 21.0 Å². The van der Waals surface area contributed by atoms with Gasteiger partial charge in [-0.3, -0.25) is 4.79 Å². The highest BCUT2D eigenvalue weighted by Crippen LogP contribution is 2.38. The molecule has 0 heterocycles. The van der Waals surface area contributed by atoms with Gasteiger partial charge in [0.2, 0.25) is 0 Å². The molecular weight excluding hydrogens is 210 g/mol. The van der Waals surface area contributed by atoms with Crippen LogP contribution in [0.3, 0.4) is 0 Å². The van der Waals surface area contributed by atoms with Crippen LogP contribution in [-0.4, -0.2) is 42.3 Å². The van der Waals surface area contributed by atoms with Crippen molar-refractivity contribution in [3.8, 4) is 0 Å². The van der Waals surface area contributed by atoms with E-state index in [1.807, 2.05) is 0 Å². The fraction of sp³-hybridized carbons (Fsp3) is 0.818. The molecule has 0 radical (unpaired) electrons. The minimum atomic E-state index is -0.941. The first-order valence-corrected chi connectivity index (χ1v) is 5.49. The molecule has 0 aromatic rings. The lowest BCUT2D eigenvalue weighted by molar-refractivity contribution is -0.158. The molecule has 1 aliphatic rings. The standard InChI is InChI=1S/C11H19NO4/c1-11(9(13)14)7-5-4-6-8(11)16-10(15)12(2)3/h8H,4-7H2,1-3H3,(H,13,14)/t8-,11+/m0/s1. The summed E-state index contributed by atoms with van der Waals surface area (Å²) < 4.78 is 5.24. The normalized spacial score (nSPS) is 29.6. The van der Waals surface area contributed by atoms with Crippen molar-refractivity contribution in [3.63, 3.8) is 0 Å². The third-order valence-electron chi connectivity index (χ3n) is 3.22. The van der Waals surface area contributed by atoms with Crippen molar-refractivity contribution in [2.24, 2.45) is 5.41 Å². The van der Waals surface area contributed by atoms with E-state index in [9.17, 15) is 14.7 Å². The maximum absolute atomic E-state index is 11.4. The van der Waals surface area contributed by atoms with Crippen LogP contribution in [0, 0.1) is 5.41 Å². The summed E-state index contributed by atoms with van der Waals surface area (Å²) in [6.45, 7) is 1.65. The number of rotatable bonds is 2. The van der Waals surface area contributed by atoms with Gasteiger partial charge < -0.3 is 14.7 Å². The lowest BCUT2D eigenvalue weighted by Crippen LogP contribution is -2.46. The molecule has 1 fully saturated rings. The SMILES string of the molecule is CN(C)C(=O)O[C@H]1CCCC[C@@]1(C)C(=O)O. The summed E-state index contributed by atoms with van der Waals surface area (Å²) in [5.41, 5.74) is -0.941. The maximum Gasteiger partial charge on any atom is 0.409 e. The Hall–Kier alpha value is -1.26. The van der Waals surface area contributed by atoms with Crippen LogP contribution in [0.25, 0.3) is 0 Å². The number of hydrogen-bond donors (Lipinski definition) is 1. The van der Waals surface area contributed by atoms with Crippen molar-refractivity contribution in [2.75, 3.05) is 14.1 Å². The molecule has 92 valence electrons. The van der Waals surface area contributed by atoms with Crippen molar-refractivity contribution in [1.29, 1.82) is 0 Å². The van der Waals surface area contributed by atoms with E-state index in [2.05, 4.69) is 0 Å². The Labute approximate surface area is 95.4 Å². The molecule has 1 saturated carbocycles. The van der Waals surface area contributed by atoms with E-state index in [0.29, 0.717) is 12.8 Å². The Kier molecular flexibility index (Phi) is 3.78. The van der Waals surface area contributed by atoms with Crippen molar-refractivity contribution in [3.05, 3.63) is 0 Å². The highest BCUT2D eigenvalue weighted by molar-refractivity contribution is 5.76.